The Kier molecular flexibility index (Phi) is 3.99. The van der Waals surface area contributed by atoms with Gasteiger partial charge in [-0.15, -0.1) is 22.7 Å². The fourth-order valence-electron chi connectivity index (χ4n) is 3.31. The second-order valence-corrected chi connectivity index (χ2v) is 8.53. The summed E-state index contributed by atoms with van der Waals surface area (Å²) in [5.41, 5.74) is 2.35. The average Bonchev–Trinajstić information content (AvgIpc) is 3.24. The Morgan fingerprint density at radius 3 is 3.00 bits per heavy atom. The van der Waals surface area contributed by atoms with E-state index in [1.54, 1.807) is 11.3 Å². The number of ether oxygens (including phenoxy) is 1. The third-order valence-corrected chi connectivity index (χ3v) is 6.59. The SMILES string of the molecule is Cc1nc(-c2cc3c(s2)CCN(C(=O)C2CCC(C)O2)C3)cs1. The summed E-state index contributed by atoms with van der Waals surface area (Å²) in [6.07, 6.45) is 2.77. The number of thiophene rings is 1. The molecule has 122 valence electrons. The molecule has 2 atom stereocenters. The Labute approximate surface area is 144 Å². The molecule has 1 amide bonds. The maximum atomic E-state index is 12.6. The van der Waals surface area contributed by atoms with Gasteiger partial charge >= 0.3 is 0 Å². The number of aromatic nitrogens is 1. The number of rotatable bonds is 2. The molecule has 0 bridgehead atoms. The second-order valence-electron chi connectivity index (χ2n) is 6.33. The van der Waals surface area contributed by atoms with Crippen molar-refractivity contribution in [2.75, 3.05) is 6.54 Å². The van der Waals surface area contributed by atoms with Crippen molar-refractivity contribution >= 4 is 28.6 Å². The van der Waals surface area contributed by atoms with Crippen LogP contribution in [0.15, 0.2) is 11.4 Å². The first kappa shape index (κ1) is 15.3. The van der Waals surface area contributed by atoms with Gasteiger partial charge in [0.25, 0.3) is 5.91 Å². The monoisotopic (exact) mass is 348 g/mol. The van der Waals surface area contributed by atoms with Crippen molar-refractivity contribution in [3.63, 3.8) is 0 Å². The Hall–Kier alpha value is -1.24. The zero-order valence-corrected chi connectivity index (χ0v) is 15.0. The Morgan fingerprint density at radius 2 is 2.30 bits per heavy atom. The third kappa shape index (κ3) is 2.95. The van der Waals surface area contributed by atoms with Crippen LogP contribution in [0, 0.1) is 6.92 Å². The molecule has 2 aliphatic heterocycles. The van der Waals surface area contributed by atoms with E-state index in [9.17, 15) is 4.79 Å². The van der Waals surface area contributed by atoms with Crippen LogP contribution in [0.5, 0.6) is 0 Å². The predicted molar refractivity (Wildman–Crippen MR) is 92.9 cm³/mol. The van der Waals surface area contributed by atoms with Gasteiger partial charge in [-0.2, -0.15) is 0 Å². The highest BCUT2D eigenvalue weighted by Crippen LogP contribution is 2.35. The van der Waals surface area contributed by atoms with Gasteiger partial charge in [-0.3, -0.25) is 4.79 Å². The first-order valence-corrected chi connectivity index (χ1v) is 9.78. The fraction of sp³-hybridized carbons (Fsp3) is 0.529. The van der Waals surface area contributed by atoms with E-state index in [2.05, 4.69) is 16.4 Å². The summed E-state index contributed by atoms with van der Waals surface area (Å²) in [5.74, 6) is 0.164. The van der Waals surface area contributed by atoms with Crippen molar-refractivity contribution < 1.29 is 9.53 Å². The van der Waals surface area contributed by atoms with Crippen LogP contribution in [0.4, 0.5) is 0 Å². The minimum absolute atomic E-state index is 0.164. The Morgan fingerprint density at radius 1 is 1.43 bits per heavy atom. The zero-order valence-electron chi connectivity index (χ0n) is 13.4. The molecule has 0 radical (unpaired) electrons. The second kappa shape index (κ2) is 6.00. The van der Waals surface area contributed by atoms with Gasteiger partial charge in [-0.25, -0.2) is 4.98 Å². The maximum absolute atomic E-state index is 12.6. The smallest absolute Gasteiger partial charge is 0.252 e. The summed E-state index contributed by atoms with van der Waals surface area (Å²) in [5, 5.41) is 3.21. The standard InChI is InChI=1S/C17H20N2O2S2/c1-10-3-4-14(21-10)17(20)19-6-5-15-12(8-19)7-16(23-15)13-9-22-11(2)18-13/h7,9-10,14H,3-6,8H2,1-2H3. The number of thiazole rings is 1. The van der Waals surface area contributed by atoms with Gasteiger partial charge in [-0.05, 0) is 44.7 Å². The van der Waals surface area contributed by atoms with E-state index in [-0.39, 0.29) is 18.1 Å². The molecule has 2 aromatic heterocycles. The van der Waals surface area contributed by atoms with Crippen LogP contribution < -0.4 is 0 Å². The van der Waals surface area contributed by atoms with Crippen LogP contribution in [0.2, 0.25) is 0 Å². The molecular formula is C17H20N2O2S2. The molecule has 4 heterocycles. The first-order valence-electron chi connectivity index (χ1n) is 8.08. The third-order valence-electron chi connectivity index (χ3n) is 4.56. The molecular weight excluding hydrogens is 328 g/mol. The van der Waals surface area contributed by atoms with Gasteiger partial charge in [0.15, 0.2) is 0 Å². The first-order chi connectivity index (χ1) is 11.1. The molecule has 2 unspecified atom stereocenters. The molecule has 0 saturated carbocycles. The number of hydrogen-bond acceptors (Lipinski definition) is 5. The van der Waals surface area contributed by atoms with E-state index in [0.717, 1.165) is 36.5 Å². The summed E-state index contributed by atoms with van der Waals surface area (Å²) in [6.45, 7) is 5.59. The molecule has 2 aromatic rings. The van der Waals surface area contributed by atoms with Gasteiger partial charge in [-0.1, -0.05) is 0 Å². The number of aryl methyl sites for hydroxylation is 1. The molecule has 6 heteroatoms. The molecule has 0 aliphatic carbocycles. The molecule has 0 aromatic carbocycles. The number of nitrogens with zero attached hydrogens (tertiary/aromatic N) is 2. The predicted octanol–water partition coefficient (Wildman–Crippen LogP) is 3.63. The van der Waals surface area contributed by atoms with Crippen molar-refractivity contribution in [2.45, 2.75) is 51.9 Å². The van der Waals surface area contributed by atoms with Crippen LogP contribution >= 0.6 is 22.7 Å². The van der Waals surface area contributed by atoms with Gasteiger partial charge in [0.2, 0.25) is 0 Å². The maximum Gasteiger partial charge on any atom is 0.252 e. The summed E-state index contributed by atoms with van der Waals surface area (Å²) < 4.78 is 5.74. The van der Waals surface area contributed by atoms with Gasteiger partial charge in [0.05, 0.1) is 21.7 Å². The van der Waals surface area contributed by atoms with Gasteiger partial charge in [0, 0.05) is 23.3 Å². The molecule has 0 spiro atoms. The van der Waals surface area contributed by atoms with Crippen molar-refractivity contribution in [1.29, 1.82) is 0 Å². The van der Waals surface area contributed by atoms with E-state index in [1.807, 2.05) is 30.1 Å². The van der Waals surface area contributed by atoms with E-state index in [1.165, 1.54) is 15.3 Å². The highest BCUT2D eigenvalue weighted by Gasteiger charge is 2.33. The molecule has 0 N–H and O–H groups in total. The van der Waals surface area contributed by atoms with Crippen LogP contribution in [0.3, 0.4) is 0 Å². The lowest BCUT2D eigenvalue weighted by molar-refractivity contribution is -0.143. The Bertz CT molecular complexity index is 737. The molecule has 4 rings (SSSR count). The lowest BCUT2D eigenvalue weighted by Crippen LogP contribution is -2.41. The van der Waals surface area contributed by atoms with Crippen LogP contribution in [0.25, 0.3) is 10.6 Å². The lowest BCUT2D eigenvalue weighted by Gasteiger charge is -2.29. The minimum atomic E-state index is -0.231. The number of amides is 1. The summed E-state index contributed by atoms with van der Waals surface area (Å²) in [6, 6.07) is 2.21. The molecule has 2 aliphatic rings. The lowest BCUT2D eigenvalue weighted by atomic mass is 10.1. The van der Waals surface area contributed by atoms with Crippen molar-refractivity contribution in [1.82, 2.24) is 9.88 Å². The molecule has 1 fully saturated rings. The van der Waals surface area contributed by atoms with Gasteiger partial charge in [0.1, 0.15) is 6.10 Å². The van der Waals surface area contributed by atoms with Crippen molar-refractivity contribution in [3.05, 3.63) is 26.9 Å². The quantitative estimate of drug-likeness (QED) is 0.832. The van der Waals surface area contributed by atoms with Gasteiger partial charge < -0.3 is 9.64 Å². The van der Waals surface area contributed by atoms with Crippen molar-refractivity contribution in [3.8, 4) is 10.6 Å². The summed E-state index contributed by atoms with van der Waals surface area (Å²) >= 11 is 3.51. The van der Waals surface area contributed by atoms with E-state index >= 15 is 0 Å². The van der Waals surface area contributed by atoms with Crippen molar-refractivity contribution in [2.24, 2.45) is 0 Å². The molecule has 23 heavy (non-hydrogen) atoms. The highest BCUT2D eigenvalue weighted by atomic mass is 32.1. The number of hydrogen-bond donors (Lipinski definition) is 0. The van der Waals surface area contributed by atoms with E-state index in [4.69, 9.17) is 4.74 Å². The summed E-state index contributed by atoms with van der Waals surface area (Å²) in [4.78, 5) is 21.8. The topological polar surface area (TPSA) is 42.4 Å². The minimum Gasteiger partial charge on any atom is -0.365 e. The zero-order chi connectivity index (χ0) is 16.0. The van der Waals surface area contributed by atoms with E-state index < -0.39 is 0 Å². The largest absolute Gasteiger partial charge is 0.365 e. The van der Waals surface area contributed by atoms with Crippen LogP contribution in [-0.4, -0.2) is 34.5 Å². The Balaban J connectivity index is 1.51. The van der Waals surface area contributed by atoms with E-state index in [0.29, 0.717) is 6.54 Å². The number of carbonyl (C=O) groups excluding carboxylic acids is 1. The molecule has 1 saturated heterocycles. The average molecular weight is 348 g/mol. The van der Waals surface area contributed by atoms with Crippen LogP contribution in [0.1, 0.15) is 35.2 Å². The summed E-state index contributed by atoms with van der Waals surface area (Å²) in [7, 11) is 0. The number of carbonyl (C=O) groups is 1. The fourth-order valence-corrected chi connectivity index (χ4v) is 5.12. The molecule has 4 nitrogen and oxygen atoms in total. The normalized spacial score (nSPS) is 24.0. The highest BCUT2D eigenvalue weighted by molar-refractivity contribution is 7.16. The number of fused-ring (bicyclic) bond motifs is 1. The van der Waals surface area contributed by atoms with Crippen LogP contribution in [-0.2, 0) is 22.5 Å².